The molecular formula is C20H25N3S. The Morgan fingerprint density at radius 1 is 1.08 bits per heavy atom. The number of amidine groups is 1. The zero-order valence-corrected chi connectivity index (χ0v) is 15.4. The molecule has 0 radical (unpaired) electrons. The van der Waals surface area contributed by atoms with Crippen LogP contribution in [0, 0.1) is 6.92 Å². The second-order valence-corrected chi connectivity index (χ2v) is 8.43. The lowest BCUT2D eigenvalue weighted by Gasteiger charge is -2.11. The monoisotopic (exact) mass is 339 g/mol. The van der Waals surface area contributed by atoms with Crippen LogP contribution >= 0.6 is 9.39 Å². The Morgan fingerprint density at radius 2 is 1.71 bits per heavy atom. The van der Waals surface area contributed by atoms with Crippen LogP contribution in [0.25, 0.3) is 5.57 Å². The van der Waals surface area contributed by atoms with Gasteiger partial charge in [-0.2, -0.15) is 0 Å². The molecule has 2 rings (SSSR count). The fourth-order valence-electron chi connectivity index (χ4n) is 2.27. The smallest absolute Gasteiger partial charge is 0.103 e. The molecule has 0 bridgehead atoms. The maximum Gasteiger partial charge on any atom is 0.103 e. The third-order valence-corrected chi connectivity index (χ3v) is 4.84. The lowest BCUT2D eigenvalue weighted by atomic mass is 10.1. The van der Waals surface area contributed by atoms with Gasteiger partial charge in [0, 0.05) is 10.6 Å². The minimum Gasteiger partial charge on any atom is -0.344 e. The molecule has 0 unspecified atom stereocenters. The fraction of sp³-hybridized carbons (Fsp3) is 0.150. The van der Waals surface area contributed by atoms with Crippen LogP contribution in [0.15, 0.2) is 58.9 Å². The Bertz CT molecular complexity index is 889. The summed E-state index contributed by atoms with van der Waals surface area (Å²) < 4.78 is 0. The van der Waals surface area contributed by atoms with Crippen LogP contribution in [0.2, 0.25) is 0 Å². The molecule has 0 amide bonds. The van der Waals surface area contributed by atoms with Crippen LogP contribution in [0.5, 0.6) is 0 Å². The van der Waals surface area contributed by atoms with Crippen molar-refractivity contribution in [2.24, 2.45) is 10.1 Å². The Labute approximate surface area is 145 Å². The topological polar surface area (TPSA) is 50.4 Å². The van der Waals surface area contributed by atoms with Crippen LogP contribution in [0.1, 0.15) is 25.0 Å². The van der Waals surface area contributed by atoms with Crippen LogP contribution in [0.3, 0.4) is 0 Å². The van der Waals surface area contributed by atoms with E-state index in [2.05, 4.69) is 41.6 Å². The fourth-order valence-corrected chi connectivity index (χ4v) is 2.95. The molecular weight excluding hydrogens is 314 g/mol. The molecule has 3 nitrogen and oxygen atoms in total. The maximum atomic E-state index is 5.97. The van der Waals surface area contributed by atoms with E-state index in [1.165, 1.54) is 0 Å². The number of aliphatic imine (C=N–C) groups is 1. The van der Waals surface area contributed by atoms with Crippen molar-refractivity contribution in [3.05, 3.63) is 60.2 Å². The number of benzene rings is 2. The first-order chi connectivity index (χ1) is 11.2. The Morgan fingerprint density at radius 3 is 2.21 bits per heavy atom. The highest BCUT2D eigenvalue weighted by atomic mass is 32.2. The summed E-state index contributed by atoms with van der Waals surface area (Å²) in [6.45, 7) is 9.98. The Kier molecular flexibility index (Phi) is 5.32. The molecule has 2 aromatic carbocycles. The first-order valence-electron chi connectivity index (χ1n) is 7.63. The van der Waals surface area contributed by atoms with Gasteiger partial charge in [-0.1, -0.05) is 30.0 Å². The number of nitrogens with zero attached hydrogens (tertiary/aromatic N) is 1. The van der Waals surface area contributed by atoms with Gasteiger partial charge in [0.2, 0.25) is 0 Å². The molecule has 0 atom stereocenters. The number of allylic oxidation sites excluding steroid dienone is 1. The van der Waals surface area contributed by atoms with Gasteiger partial charge in [0.25, 0.3) is 0 Å². The molecule has 0 fully saturated rings. The van der Waals surface area contributed by atoms with Gasteiger partial charge < -0.3 is 5.32 Å². The largest absolute Gasteiger partial charge is 0.344 e. The number of nitrogens with two attached hydrogens (primary N) is 1. The van der Waals surface area contributed by atoms with Crippen molar-refractivity contribution in [3.8, 4) is 0 Å². The summed E-state index contributed by atoms with van der Waals surface area (Å²) in [5, 5.41) is 9.26. The molecule has 0 saturated carbocycles. The quantitative estimate of drug-likeness (QED) is 0.463. The molecule has 0 aliphatic rings. The van der Waals surface area contributed by atoms with E-state index < -0.39 is 9.39 Å². The summed E-state index contributed by atoms with van der Waals surface area (Å²) in [6, 6.07) is 14.0. The van der Waals surface area contributed by atoms with Crippen LogP contribution in [0.4, 0.5) is 11.4 Å². The first-order valence-corrected chi connectivity index (χ1v) is 9.66. The average Bonchev–Trinajstić information content (AvgIpc) is 2.48. The summed E-state index contributed by atoms with van der Waals surface area (Å²) in [6.07, 6.45) is 0. The molecule has 0 heterocycles. The average molecular weight is 340 g/mol. The van der Waals surface area contributed by atoms with Gasteiger partial charge in [-0.05, 0) is 68.3 Å². The van der Waals surface area contributed by atoms with Crippen LogP contribution < -0.4 is 10.5 Å². The number of anilines is 1. The Hall–Kier alpha value is -2.30. The minimum absolute atomic E-state index is 0.824. The third kappa shape index (κ3) is 4.60. The van der Waals surface area contributed by atoms with E-state index >= 15 is 0 Å². The van der Waals surface area contributed by atoms with Gasteiger partial charge in [0.15, 0.2) is 0 Å². The van der Waals surface area contributed by atoms with Crippen molar-refractivity contribution < 1.29 is 0 Å². The van der Waals surface area contributed by atoms with Crippen molar-refractivity contribution in [2.75, 3.05) is 5.32 Å². The molecule has 126 valence electrons. The highest BCUT2D eigenvalue weighted by Gasteiger charge is 2.02. The summed E-state index contributed by atoms with van der Waals surface area (Å²) in [5.41, 5.74) is 5.22. The number of hydrogen-bond donors (Lipinski definition) is 2. The number of aryl methyl sites for hydroxylation is 1. The SMILES string of the molecule is C=C(C)c1ccc(N=C(C)Nc2ccc(S(=C)(=C)N)cc2)c(C)c1. The van der Waals surface area contributed by atoms with Crippen molar-refractivity contribution in [1.82, 2.24) is 0 Å². The van der Waals surface area contributed by atoms with Crippen molar-refractivity contribution in [3.63, 3.8) is 0 Å². The van der Waals surface area contributed by atoms with E-state index in [1.54, 1.807) is 0 Å². The summed E-state index contributed by atoms with van der Waals surface area (Å²) in [4.78, 5) is 5.62. The number of nitrogens with one attached hydrogen (secondary N) is 1. The summed E-state index contributed by atoms with van der Waals surface area (Å²) in [5.74, 6) is 8.66. The van der Waals surface area contributed by atoms with E-state index in [-0.39, 0.29) is 0 Å². The molecule has 0 aliphatic heterocycles. The zero-order valence-electron chi connectivity index (χ0n) is 14.6. The van der Waals surface area contributed by atoms with Crippen LogP contribution in [-0.4, -0.2) is 17.6 Å². The van der Waals surface area contributed by atoms with Crippen LogP contribution in [-0.2, 0) is 0 Å². The van der Waals surface area contributed by atoms with E-state index in [0.717, 1.165) is 38.8 Å². The van der Waals surface area contributed by atoms with Gasteiger partial charge >= 0.3 is 0 Å². The molecule has 3 N–H and O–H groups in total. The van der Waals surface area contributed by atoms with Gasteiger partial charge in [0.05, 0.1) is 5.69 Å². The van der Waals surface area contributed by atoms with Gasteiger partial charge in [-0.3, -0.25) is 5.14 Å². The van der Waals surface area contributed by atoms with E-state index in [4.69, 9.17) is 5.14 Å². The number of rotatable bonds is 4. The maximum absolute atomic E-state index is 5.97. The van der Waals surface area contributed by atoms with Crippen molar-refractivity contribution in [2.45, 2.75) is 25.7 Å². The molecule has 0 aromatic heterocycles. The second-order valence-electron chi connectivity index (χ2n) is 6.07. The molecule has 0 saturated heterocycles. The summed E-state index contributed by atoms with van der Waals surface area (Å²) >= 11 is 0. The molecule has 2 aromatic rings. The van der Waals surface area contributed by atoms with Gasteiger partial charge in [0.1, 0.15) is 5.84 Å². The standard InChI is InChI=1S/C20H25N3S/c1-14(2)17-7-12-20(15(3)13-17)23-16(4)22-18-8-10-19(11-9-18)24(5,6)21/h7-13H,1,5-6,21H2,2-4H3,(H,22,23). The lowest BCUT2D eigenvalue weighted by molar-refractivity contribution is 1.36. The number of hydrogen-bond acceptors (Lipinski definition) is 2. The molecule has 4 heteroatoms. The van der Waals surface area contributed by atoms with Gasteiger partial charge in [-0.25, -0.2) is 4.99 Å². The highest BCUT2D eigenvalue weighted by molar-refractivity contribution is 8.26. The van der Waals surface area contributed by atoms with Crippen molar-refractivity contribution >= 4 is 43.9 Å². The lowest BCUT2D eigenvalue weighted by Crippen LogP contribution is -2.06. The predicted octanol–water partition coefficient (Wildman–Crippen LogP) is 5.09. The third-order valence-electron chi connectivity index (χ3n) is 3.63. The normalized spacial score (nSPS) is 12.1. The van der Waals surface area contributed by atoms with Gasteiger partial charge in [-0.15, -0.1) is 9.39 Å². The Balaban J connectivity index is 2.19. The molecule has 0 spiro atoms. The van der Waals surface area contributed by atoms with E-state index in [0.29, 0.717) is 0 Å². The van der Waals surface area contributed by atoms with E-state index in [1.807, 2.05) is 50.2 Å². The molecule has 0 aliphatic carbocycles. The minimum atomic E-state index is -1.68. The van der Waals surface area contributed by atoms with Crippen molar-refractivity contribution in [1.29, 1.82) is 0 Å². The second kappa shape index (κ2) is 7.07. The van der Waals surface area contributed by atoms with E-state index in [9.17, 15) is 0 Å². The molecule has 24 heavy (non-hydrogen) atoms. The predicted molar refractivity (Wildman–Crippen MR) is 113 cm³/mol. The highest BCUT2D eigenvalue weighted by Crippen LogP contribution is 2.26. The zero-order chi connectivity index (χ0) is 17.9. The first kappa shape index (κ1) is 18.0. The summed E-state index contributed by atoms with van der Waals surface area (Å²) in [7, 11) is -1.68.